The molecule has 0 fully saturated rings. The van der Waals surface area contributed by atoms with Gasteiger partial charge in [0.05, 0.1) is 11.8 Å². The average Bonchev–Trinajstić information content (AvgIpc) is 2.38. The van der Waals surface area contributed by atoms with E-state index < -0.39 is 15.3 Å². The average molecular weight is 260 g/mol. The van der Waals surface area contributed by atoms with Crippen molar-refractivity contribution in [3.05, 3.63) is 42.5 Å². The molecular weight excluding hydrogens is 248 g/mol. The van der Waals surface area contributed by atoms with Crippen LogP contribution in [0.15, 0.2) is 42.5 Å². The van der Waals surface area contributed by atoms with Crippen molar-refractivity contribution in [3.8, 4) is 6.07 Å². The molecule has 1 unspecified atom stereocenters. The first-order chi connectivity index (χ1) is 8.54. The second-order valence-electron chi connectivity index (χ2n) is 3.95. The van der Waals surface area contributed by atoms with Crippen LogP contribution in [0.3, 0.4) is 0 Å². The molecule has 0 aliphatic heterocycles. The van der Waals surface area contributed by atoms with Crippen molar-refractivity contribution < 1.29 is 8.42 Å². The highest BCUT2D eigenvalue weighted by atomic mass is 32.2. The van der Waals surface area contributed by atoms with E-state index in [1.54, 1.807) is 18.2 Å². The lowest BCUT2D eigenvalue weighted by Crippen LogP contribution is -2.23. The molecule has 0 amide bonds. The van der Waals surface area contributed by atoms with Crippen molar-refractivity contribution in [2.24, 2.45) is 0 Å². The third kappa shape index (κ3) is 2.29. The Kier molecular flexibility index (Phi) is 3.21. The van der Waals surface area contributed by atoms with Crippen molar-refractivity contribution >= 4 is 26.5 Å². The summed E-state index contributed by atoms with van der Waals surface area (Å²) in [5.41, 5.74) is 0.496. The molecule has 1 N–H and O–H groups in total. The molecule has 0 radical (unpaired) electrons. The van der Waals surface area contributed by atoms with E-state index in [2.05, 4.69) is 4.72 Å². The molecule has 0 aliphatic rings. The Hall–Kier alpha value is -2.06. The van der Waals surface area contributed by atoms with Gasteiger partial charge >= 0.3 is 0 Å². The second kappa shape index (κ2) is 4.67. The van der Waals surface area contributed by atoms with Gasteiger partial charge in [0, 0.05) is 5.39 Å². The molecule has 18 heavy (non-hydrogen) atoms. The normalized spacial score (nSPS) is 12.9. The maximum Gasteiger partial charge on any atom is 0.248 e. The monoisotopic (exact) mass is 260 g/mol. The van der Waals surface area contributed by atoms with Gasteiger partial charge in [0.15, 0.2) is 5.25 Å². The van der Waals surface area contributed by atoms with Crippen LogP contribution < -0.4 is 4.72 Å². The number of sulfonamides is 1. The predicted octanol–water partition coefficient (Wildman–Crippen LogP) is 2.49. The molecule has 2 aromatic rings. The highest BCUT2D eigenvalue weighted by Gasteiger charge is 2.20. The molecule has 0 saturated carbocycles. The second-order valence-corrected chi connectivity index (χ2v) is 5.95. The molecule has 2 aromatic carbocycles. The largest absolute Gasteiger partial charge is 0.282 e. The fourth-order valence-electron chi connectivity index (χ4n) is 1.63. The summed E-state index contributed by atoms with van der Waals surface area (Å²) in [6.07, 6.45) is 0. The van der Waals surface area contributed by atoms with E-state index in [9.17, 15) is 8.42 Å². The quantitative estimate of drug-likeness (QED) is 0.921. The van der Waals surface area contributed by atoms with Crippen LogP contribution in [0.1, 0.15) is 6.92 Å². The lowest BCUT2D eigenvalue weighted by atomic mass is 10.1. The van der Waals surface area contributed by atoms with Gasteiger partial charge in [0.25, 0.3) is 0 Å². The molecule has 1 atom stereocenters. The number of nitrogens with zero attached hydrogens (tertiary/aromatic N) is 1. The molecule has 2 rings (SSSR count). The smallest absolute Gasteiger partial charge is 0.248 e. The van der Waals surface area contributed by atoms with Gasteiger partial charge in [0.1, 0.15) is 0 Å². The van der Waals surface area contributed by atoms with Crippen LogP contribution in [0.4, 0.5) is 5.69 Å². The Labute approximate surface area is 106 Å². The van der Waals surface area contributed by atoms with Gasteiger partial charge in [-0.2, -0.15) is 5.26 Å². The number of hydrogen-bond acceptors (Lipinski definition) is 3. The minimum absolute atomic E-state index is 0.496. The fraction of sp³-hybridized carbons (Fsp3) is 0.154. The van der Waals surface area contributed by atoms with Crippen LogP contribution in [-0.4, -0.2) is 13.7 Å². The van der Waals surface area contributed by atoms with E-state index in [1.165, 1.54) is 6.92 Å². The standard InChI is InChI=1S/C13H12N2O2S/c1-10(9-14)18(16,17)15-13-8-4-6-11-5-2-3-7-12(11)13/h2-8,10,15H,1H3. The molecule has 92 valence electrons. The molecular formula is C13H12N2O2S. The third-order valence-corrected chi connectivity index (χ3v) is 4.23. The number of nitrogens with one attached hydrogen (secondary N) is 1. The summed E-state index contributed by atoms with van der Waals surface area (Å²) < 4.78 is 26.1. The van der Waals surface area contributed by atoms with Crippen LogP contribution in [0.5, 0.6) is 0 Å². The number of fused-ring (bicyclic) bond motifs is 1. The lowest BCUT2D eigenvalue weighted by molar-refractivity contribution is 0.597. The molecule has 5 heteroatoms. The summed E-state index contributed by atoms with van der Waals surface area (Å²) in [6.45, 7) is 1.35. The van der Waals surface area contributed by atoms with E-state index in [0.29, 0.717) is 5.69 Å². The Morgan fingerprint density at radius 1 is 1.17 bits per heavy atom. The minimum Gasteiger partial charge on any atom is -0.282 e. The van der Waals surface area contributed by atoms with Gasteiger partial charge in [-0.25, -0.2) is 8.42 Å². The first-order valence-electron chi connectivity index (χ1n) is 5.43. The van der Waals surface area contributed by atoms with E-state index in [0.717, 1.165) is 10.8 Å². The highest BCUT2D eigenvalue weighted by Crippen LogP contribution is 2.24. The topological polar surface area (TPSA) is 70.0 Å². The summed E-state index contributed by atoms with van der Waals surface area (Å²) in [6, 6.07) is 14.6. The predicted molar refractivity (Wildman–Crippen MR) is 71.6 cm³/mol. The first-order valence-corrected chi connectivity index (χ1v) is 6.98. The van der Waals surface area contributed by atoms with Gasteiger partial charge < -0.3 is 0 Å². The minimum atomic E-state index is -3.67. The van der Waals surface area contributed by atoms with E-state index >= 15 is 0 Å². The zero-order valence-corrected chi connectivity index (χ0v) is 10.6. The zero-order chi connectivity index (χ0) is 13.2. The Balaban J connectivity index is 2.48. The van der Waals surface area contributed by atoms with Crippen LogP contribution in [0.25, 0.3) is 10.8 Å². The number of benzene rings is 2. The number of nitriles is 1. The van der Waals surface area contributed by atoms with Crippen molar-refractivity contribution in [2.75, 3.05) is 4.72 Å². The van der Waals surface area contributed by atoms with Gasteiger partial charge in [0.2, 0.25) is 10.0 Å². The Bertz CT molecular complexity index is 712. The number of hydrogen-bond donors (Lipinski definition) is 1. The van der Waals surface area contributed by atoms with Gasteiger partial charge in [-0.1, -0.05) is 36.4 Å². The van der Waals surface area contributed by atoms with Crippen molar-refractivity contribution in [1.82, 2.24) is 0 Å². The highest BCUT2D eigenvalue weighted by molar-refractivity contribution is 7.93. The van der Waals surface area contributed by atoms with Gasteiger partial charge in [-0.3, -0.25) is 4.72 Å². The summed E-state index contributed by atoms with van der Waals surface area (Å²) in [5.74, 6) is 0. The van der Waals surface area contributed by atoms with Crippen LogP contribution in [0.2, 0.25) is 0 Å². The maximum absolute atomic E-state index is 11.8. The van der Waals surface area contributed by atoms with Crippen LogP contribution >= 0.6 is 0 Å². The van der Waals surface area contributed by atoms with Crippen LogP contribution in [0, 0.1) is 11.3 Å². The van der Waals surface area contributed by atoms with E-state index in [-0.39, 0.29) is 0 Å². The van der Waals surface area contributed by atoms with Crippen LogP contribution in [-0.2, 0) is 10.0 Å². The molecule has 0 bridgehead atoms. The molecule has 0 heterocycles. The summed E-state index contributed by atoms with van der Waals surface area (Å²) in [7, 11) is -3.67. The lowest BCUT2D eigenvalue weighted by Gasteiger charge is -2.11. The zero-order valence-electron chi connectivity index (χ0n) is 9.79. The molecule has 4 nitrogen and oxygen atoms in total. The number of rotatable bonds is 3. The van der Waals surface area contributed by atoms with Crippen molar-refractivity contribution in [3.63, 3.8) is 0 Å². The van der Waals surface area contributed by atoms with Crippen molar-refractivity contribution in [2.45, 2.75) is 12.2 Å². The molecule has 0 aromatic heterocycles. The molecule has 0 aliphatic carbocycles. The summed E-state index contributed by atoms with van der Waals surface area (Å²) in [5, 5.41) is 9.37. The number of anilines is 1. The third-order valence-electron chi connectivity index (χ3n) is 2.69. The Morgan fingerprint density at radius 3 is 2.56 bits per heavy atom. The summed E-state index contributed by atoms with van der Waals surface area (Å²) >= 11 is 0. The molecule has 0 saturated heterocycles. The first kappa shape index (κ1) is 12.4. The molecule has 0 spiro atoms. The van der Waals surface area contributed by atoms with Gasteiger partial charge in [-0.15, -0.1) is 0 Å². The van der Waals surface area contributed by atoms with E-state index in [4.69, 9.17) is 5.26 Å². The SMILES string of the molecule is CC(C#N)S(=O)(=O)Nc1cccc2ccccc12. The fourth-order valence-corrected chi connectivity index (χ4v) is 2.43. The van der Waals surface area contributed by atoms with E-state index in [1.807, 2.05) is 30.3 Å². The van der Waals surface area contributed by atoms with Gasteiger partial charge in [-0.05, 0) is 18.4 Å². The maximum atomic E-state index is 11.8. The van der Waals surface area contributed by atoms with Crippen molar-refractivity contribution in [1.29, 1.82) is 5.26 Å². The summed E-state index contributed by atoms with van der Waals surface area (Å²) in [4.78, 5) is 0. The Morgan fingerprint density at radius 2 is 1.83 bits per heavy atom.